The maximum Gasteiger partial charge on any atom is 0.451 e. The predicted octanol–water partition coefficient (Wildman–Crippen LogP) is -0.0322. The number of aliphatic carboxylic acids is 1. The SMILES string of the molecule is O=C(O)C1CN(CCN2CCCC2)CC1CCCB(O)O. The molecule has 2 heterocycles. The van der Waals surface area contributed by atoms with Crippen LogP contribution in [0.1, 0.15) is 25.7 Å². The highest BCUT2D eigenvalue weighted by atomic mass is 16.4. The van der Waals surface area contributed by atoms with Crippen molar-refractivity contribution in [1.29, 1.82) is 0 Å². The van der Waals surface area contributed by atoms with Gasteiger partial charge in [-0.15, -0.1) is 0 Å². The van der Waals surface area contributed by atoms with Gasteiger partial charge in [-0.1, -0.05) is 6.42 Å². The molecule has 0 aromatic carbocycles. The minimum absolute atomic E-state index is 0.139. The second-order valence-electron chi connectivity index (χ2n) is 6.42. The molecule has 0 saturated carbocycles. The molecule has 2 unspecified atom stereocenters. The summed E-state index contributed by atoms with van der Waals surface area (Å²) in [6.45, 7) is 5.79. The van der Waals surface area contributed by atoms with Gasteiger partial charge >= 0.3 is 13.1 Å². The molecule has 6 nitrogen and oxygen atoms in total. The summed E-state index contributed by atoms with van der Waals surface area (Å²) in [6.07, 6.45) is 4.32. The fraction of sp³-hybridized carbons (Fsp3) is 0.929. The smallest absolute Gasteiger partial charge is 0.451 e. The van der Waals surface area contributed by atoms with Crippen LogP contribution in [0.2, 0.25) is 6.32 Å². The third-order valence-corrected chi connectivity index (χ3v) is 4.80. The van der Waals surface area contributed by atoms with Crippen molar-refractivity contribution in [3.8, 4) is 0 Å². The summed E-state index contributed by atoms with van der Waals surface area (Å²) < 4.78 is 0. The molecular formula is C14H27BN2O4. The Morgan fingerprint density at radius 3 is 2.38 bits per heavy atom. The number of rotatable bonds is 8. The fourth-order valence-electron chi connectivity index (χ4n) is 3.57. The molecule has 2 saturated heterocycles. The van der Waals surface area contributed by atoms with E-state index in [0.29, 0.717) is 19.3 Å². The van der Waals surface area contributed by atoms with Crippen LogP contribution in [0.25, 0.3) is 0 Å². The van der Waals surface area contributed by atoms with E-state index in [4.69, 9.17) is 10.0 Å². The molecule has 0 aromatic rings. The molecule has 2 aliphatic heterocycles. The fourth-order valence-corrected chi connectivity index (χ4v) is 3.57. The molecule has 3 N–H and O–H groups in total. The third kappa shape index (κ3) is 5.25. The van der Waals surface area contributed by atoms with Gasteiger partial charge in [-0.25, -0.2) is 0 Å². The van der Waals surface area contributed by atoms with Crippen molar-refractivity contribution in [1.82, 2.24) is 9.80 Å². The molecule has 2 fully saturated rings. The highest BCUT2D eigenvalue weighted by Gasteiger charge is 2.37. The van der Waals surface area contributed by atoms with Gasteiger partial charge in [-0.05, 0) is 44.6 Å². The number of hydrogen-bond donors (Lipinski definition) is 3. The Morgan fingerprint density at radius 2 is 1.76 bits per heavy atom. The quantitative estimate of drug-likeness (QED) is 0.546. The van der Waals surface area contributed by atoms with E-state index < -0.39 is 13.1 Å². The predicted molar refractivity (Wildman–Crippen MR) is 81.0 cm³/mol. The Balaban J connectivity index is 1.75. The zero-order chi connectivity index (χ0) is 15.2. The van der Waals surface area contributed by atoms with Crippen LogP contribution < -0.4 is 0 Å². The number of carbonyl (C=O) groups is 1. The molecule has 0 aliphatic carbocycles. The second kappa shape index (κ2) is 8.12. The minimum Gasteiger partial charge on any atom is -0.481 e. The molecule has 120 valence electrons. The average molecular weight is 298 g/mol. The molecule has 0 aromatic heterocycles. The van der Waals surface area contributed by atoms with Crippen LogP contribution >= 0.6 is 0 Å². The highest BCUT2D eigenvalue weighted by molar-refractivity contribution is 6.40. The van der Waals surface area contributed by atoms with E-state index in [9.17, 15) is 9.90 Å². The van der Waals surface area contributed by atoms with E-state index in [-0.39, 0.29) is 11.8 Å². The van der Waals surface area contributed by atoms with Gasteiger partial charge in [-0.3, -0.25) is 4.79 Å². The summed E-state index contributed by atoms with van der Waals surface area (Å²) in [5, 5.41) is 27.1. The Morgan fingerprint density at radius 1 is 1.10 bits per heavy atom. The second-order valence-corrected chi connectivity index (χ2v) is 6.42. The molecule has 2 atom stereocenters. The number of carboxylic acid groups (broad SMARTS) is 1. The maximum atomic E-state index is 11.4. The van der Waals surface area contributed by atoms with Gasteiger partial charge in [0.1, 0.15) is 0 Å². The first-order valence-corrected chi connectivity index (χ1v) is 8.10. The van der Waals surface area contributed by atoms with E-state index in [0.717, 1.165) is 26.1 Å². The van der Waals surface area contributed by atoms with Crippen molar-refractivity contribution in [3.63, 3.8) is 0 Å². The Labute approximate surface area is 126 Å². The van der Waals surface area contributed by atoms with E-state index in [1.54, 1.807) is 0 Å². The molecule has 0 radical (unpaired) electrons. The average Bonchev–Trinajstić information content (AvgIpc) is 3.04. The standard InChI is InChI=1S/C14H27BN2O4/c18-14(19)13-11-17(9-8-16-6-1-2-7-16)10-12(13)4-3-5-15(20)21/h12-13,20-21H,1-11H2,(H,18,19). The zero-order valence-electron chi connectivity index (χ0n) is 12.7. The topological polar surface area (TPSA) is 84.2 Å². The van der Waals surface area contributed by atoms with Crippen molar-refractivity contribution in [2.45, 2.75) is 32.0 Å². The molecular weight excluding hydrogens is 271 g/mol. The summed E-state index contributed by atoms with van der Waals surface area (Å²) in [4.78, 5) is 16.1. The molecule has 2 aliphatic rings. The van der Waals surface area contributed by atoms with Crippen LogP contribution in [0, 0.1) is 11.8 Å². The van der Waals surface area contributed by atoms with E-state index >= 15 is 0 Å². The molecule has 2 rings (SSSR count). The lowest BCUT2D eigenvalue weighted by Gasteiger charge is -2.20. The monoisotopic (exact) mass is 298 g/mol. The molecule has 21 heavy (non-hydrogen) atoms. The van der Waals surface area contributed by atoms with Gasteiger partial charge in [-0.2, -0.15) is 0 Å². The first kappa shape index (κ1) is 16.7. The number of hydrogen-bond acceptors (Lipinski definition) is 5. The first-order chi connectivity index (χ1) is 10.1. The van der Waals surface area contributed by atoms with Crippen molar-refractivity contribution in [3.05, 3.63) is 0 Å². The van der Waals surface area contributed by atoms with Gasteiger partial charge in [0.15, 0.2) is 0 Å². The van der Waals surface area contributed by atoms with Crippen LogP contribution in [0.4, 0.5) is 0 Å². The molecule has 0 amide bonds. The summed E-state index contributed by atoms with van der Waals surface area (Å²) >= 11 is 0. The van der Waals surface area contributed by atoms with Crippen LogP contribution in [-0.2, 0) is 4.79 Å². The van der Waals surface area contributed by atoms with Gasteiger partial charge < -0.3 is 25.0 Å². The molecule has 0 spiro atoms. The minimum atomic E-state index is -1.28. The Hall–Kier alpha value is -0.625. The maximum absolute atomic E-state index is 11.4. The van der Waals surface area contributed by atoms with Crippen LogP contribution in [-0.4, -0.2) is 77.3 Å². The summed E-state index contributed by atoms with van der Waals surface area (Å²) in [5.74, 6) is -0.882. The largest absolute Gasteiger partial charge is 0.481 e. The van der Waals surface area contributed by atoms with Gasteiger partial charge in [0.05, 0.1) is 5.92 Å². The van der Waals surface area contributed by atoms with Gasteiger partial charge in [0, 0.05) is 26.2 Å². The van der Waals surface area contributed by atoms with Crippen LogP contribution in [0.5, 0.6) is 0 Å². The lowest BCUT2D eigenvalue weighted by molar-refractivity contribution is -0.142. The lowest BCUT2D eigenvalue weighted by Crippen LogP contribution is -2.33. The summed E-state index contributed by atoms with van der Waals surface area (Å²) in [6, 6.07) is 0. The van der Waals surface area contributed by atoms with Crippen molar-refractivity contribution < 1.29 is 19.9 Å². The van der Waals surface area contributed by atoms with Crippen molar-refractivity contribution in [2.75, 3.05) is 39.3 Å². The Kier molecular flexibility index (Phi) is 6.48. The van der Waals surface area contributed by atoms with E-state index in [2.05, 4.69) is 9.80 Å². The van der Waals surface area contributed by atoms with Gasteiger partial charge in [0.2, 0.25) is 0 Å². The van der Waals surface area contributed by atoms with Crippen molar-refractivity contribution >= 4 is 13.1 Å². The van der Waals surface area contributed by atoms with Crippen LogP contribution in [0.15, 0.2) is 0 Å². The van der Waals surface area contributed by atoms with Crippen molar-refractivity contribution in [2.24, 2.45) is 11.8 Å². The van der Waals surface area contributed by atoms with E-state index in [1.807, 2.05) is 0 Å². The molecule has 7 heteroatoms. The van der Waals surface area contributed by atoms with Gasteiger partial charge in [0.25, 0.3) is 0 Å². The number of nitrogens with zero attached hydrogens (tertiary/aromatic N) is 2. The van der Waals surface area contributed by atoms with Crippen LogP contribution in [0.3, 0.4) is 0 Å². The summed E-state index contributed by atoms with van der Waals surface area (Å²) in [5.41, 5.74) is 0. The summed E-state index contributed by atoms with van der Waals surface area (Å²) in [7, 11) is -1.28. The molecule has 0 bridgehead atoms. The highest BCUT2D eigenvalue weighted by Crippen LogP contribution is 2.28. The van der Waals surface area contributed by atoms with E-state index in [1.165, 1.54) is 25.9 Å². The first-order valence-electron chi connectivity index (χ1n) is 8.10. The number of carboxylic acids is 1. The zero-order valence-corrected chi connectivity index (χ0v) is 12.7. The normalized spacial score (nSPS) is 27.3. The Bertz CT molecular complexity index is 337. The lowest BCUT2D eigenvalue weighted by atomic mass is 9.80. The number of likely N-dealkylation sites (tertiary alicyclic amines) is 2. The third-order valence-electron chi connectivity index (χ3n) is 4.80.